The van der Waals surface area contributed by atoms with Gasteiger partial charge in [0.15, 0.2) is 5.67 Å². The summed E-state index contributed by atoms with van der Waals surface area (Å²) in [6.45, 7) is 2.58. The van der Waals surface area contributed by atoms with E-state index in [9.17, 15) is 14.0 Å². The van der Waals surface area contributed by atoms with Gasteiger partial charge in [-0.2, -0.15) is 0 Å². The van der Waals surface area contributed by atoms with Crippen molar-refractivity contribution in [3.05, 3.63) is 77.2 Å². The first-order valence-electron chi connectivity index (χ1n) is 12.5. The molecule has 2 aliphatic rings. The second-order valence-electron chi connectivity index (χ2n) is 9.69. The van der Waals surface area contributed by atoms with Crippen LogP contribution in [0, 0.1) is 0 Å². The number of aromatic nitrogens is 4. The summed E-state index contributed by atoms with van der Waals surface area (Å²) in [5.74, 6) is 0.349. The van der Waals surface area contributed by atoms with Crippen molar-refractivity contribution in [2.45, 2.75) is 38.6 Å². The van der Waals surface area contributed by atoms with Gasteiger partial charge >= 0.3 is 0 Å². The standard InChI is InChI=1S/C28H25FN6O3/c1-28(29)16-38-15-18-8-7-17(10-20(18)28)27(37)32-12-19-11-22-23(13-30-19)31-14-24(33-22)21-4-2-5-25(34-21)35-9-3-6-26(35)36/h2,4-5,7-8,10-11,13-14H,3,6,9,12,15-16H2,1H3,(H,32,37)/t28-/m1/s1. The van der Waals surface area contributed by atoms with Crippen molar-refractivity contribution in [3.63, 3.8) is 0 Å². The molecule has 0 saturated carbocycles. The van der Waals surface area contributed by atoms with Crippen LogP contribution >= 0.6 is 0 Å². The van der Waals surface area contributed by atoms with Gasteiger partial charge in [-0.05, 0) is 54.8 Å². The van der Waals surface area contributed by atoms with Crippen LogP contribution in [-0.4, -0.2) is 44.9 Å². The molecule has 1 atom stereocenters. The molecule has 3 aromatic heterocycles. The van der Waals surface area contributed by atoms with E-state index in [-0.39, 0.29) is 25.0 Å². The third kappa shape index (κ3) is 4.58. The molecule has 5 heterocycles. The van der Waals surface area contributed by atoms with Gasteiger partial charge in [0.25, 0.3) is 5.91 Å². The van der Waals surface area contributed by atoms with Gasteiger partial charge in [0.1, 0.15) is 17.0 Å². The van der Waals surface area contributed by atoms with Crippen LogP contribution in [0.4, 0.5) is 10.2 Å². The highest BCUT2D eigenvalue weighted by atomic mass is 19.1. The van der Waals surface area contributed by atoms with Crippen LogP contribution in [0.1, 0.15) is 46.9 Å². The van der Waals surface area contributed by atoms with Crippen molar-refractivity contribution in [1.82, 2.24) is 25.3 Å². The summed E-state index contributed by atoms with van der Waals surface area (Å²) in [5.41, 5.74) is 2.95. The quantitative estimate of drug-likeness (QED) is 0.432. The maximum Gasteiger partial charge on any atom is 0.251 e. The Bertz CT molecular complexity index is 1570. The smallest absolute Gasteiger partial charge is 0.251 e. The van der Waals surface area contributed by atoms with E-state index in [1.807, 2.05) is 18.2 Å². The number of halogens is 1. The molecular weight excluding hydrogens is 487 g/mol. The fourth-order valence-corrected chi connectivity index (χ4v) is 4.82. The van der Waals surface area contributed by atoms with Crippen molar-refractivity contribution in [3.8, 4) is 11.4 Å². The van der Waals surface area contributed by atoms with Crippen molar-refractivity contribution in [2.24, 2.45) is 0 Å². The molecule has 0 radical (unpaired) electrons. The number of benzene rings is 1. The number of ether oxygens (including phenoxy) is 1. The Morgan fingerprint density at radius 3 is 2.84 bits per heavy atom. The molecule has 0 aliphatic carbocycles. The summed E-state index contributed by atoms with van der Waals surface area (Å²) in [6.07, 6.45) is 4.59. The fourth-order valence-electron chi connectivity index (χ4n) is 4.82. The molecule has 4 aromatic rings. The van der Waals surface area contributed by atoms with Gasteiger partial charge in [-0.1, -0.05) is 12.1 Å². The predicted molar refractivity (Wildman–Crippen MR) is 138 cm³/mol. The number of carbonyl (C=O) groups excluding carboxylic acids is 2. The van der Waals surface area contributed by atoms with Gasteiger partial charge < -0.3 is 10.1 Å². The fraction of sp³-hybridized carbons (Fsp3) is 0.286. The van der Waals surface area contributed by atoms with Crippen LogP contribution in [0.2, 0.25) is 0 Å². The topological polar surface area (TPSA) is 110 Å². The van der Waals surface area contributed by atoms with Crippen LogP contribution in [0.25, 0.3) is 22.4 Å². The third-order valence-corrected chi connectivity index (χ3v) is 6.83. The number of hydrogen-bond acceptors (Lipinski definition) is 7. The molecule has 2 amide bonds. The molecule has 10 heteroatoms. The average molecular weight is 513 g/mol. The zero-order chi connectivity index (χ0) is 26.3. The first kappa shape index (κ1) is 24.1. The van der Waals surface area contributed by atoms with Gasteiger partial charge in [0.2, 0.25) is 5.91 Å². The lowest BCUT2D eigenvalue weighted by Crippen LogP contribution is -2.30. The highest BCUT2D eigenvalue weighted by molar-refractivity contribution is 5.95. The Labute approximate surface area is 218 Å². The van der Waals surface area contributed by atoms with Crippen molar-refractivity contribution in [2.75, 3.05) is 18.1 Å². The van der Waals surface area contributed by atoms with Crippen molar-refractivity contribution >= 4 is 28.7 Å². The number of amides is 2. The van der Waals surface area contributed by atoms with E-state index in [0.717, 1.165) is 12.0 Å². The first-order valence-corrected chi connectivity index (χ1v) is 12.5. The molecule has 192 valence electrons. The van der Waals surface area contributed by atoms with Crippen LogP contribution in [0.3, 0.4) is 0 Å². The zero-order valence-electron chi connectivity index (χ0n) is 20.8. The molecular formula is C28H25FN6O3. The van der Waals surface area contributed by atoms with Crippen LogP contribution in [0.5, 0.6) is 0 Å². The van der Waals surface area contributed by atoms with Gasteiger partial charge in [-0.25, -0.2) is 14.4 Å². The molecule has 1 aromatic carbocycles. The Morgan fingerprint density at radius 2 is 2.00 bits per heavy atom. The molecule has 6 rings (SSSR count). The number of nitrogens with zero attached hydrogens (tertiary/aromatic N) is 5. The van der Waals surface area contributed by atoms with Gasteiger partial charge in [-0.15, -0.1) is 0 Å². The Kier molecular flexibility index (Phi) is 6.03. The van der Waals surface area contributed by atoms with Gasteiger partial charge in [0.05, 0.1) is 49.1 Å². The minimum absolute atomic E-state index is 0.0364. The maximum atomic E-state index is 14.9. The Hall–Kier alpha value is -4.31. The number of anilines is 1. The molecule has 1 N–H and O–H groups in total. The summed E-state index contributed by atoms with van der Waals surface area (Å²) in [6, 6.07) is 12.3. The number of pyridine rings is 2. The molecule has 9 nitrogen and oxygen atoms in total. The van der Waals surface area contributed by atoms with Gasteiger partial charge in [-0.3, -0.25) is 24.5 Å². The summed E-state index contributed by atoms with van der Waals surface area (Å²) in [5, 5.41) is 2.85. The third-order valence-electron chi connectivity index (χ3n) is 6.83. The monoisotopic (exact) mass is 512 g/mol. The molecule has 2 aliphatic heterocycles. The van der Waals surface area contributed by atoms with Crippen LogP contribution in [-0.2, 0) is 28.4 Å². The molecule has 0 spiro atoms. The lowest BCUT2D eigenvalue weighted by molar-refractivity contribution is -0.117. The molecule has 1 saturated heterocycles. The average Bonchev–Trinajstić information content (AvgIpc) is 3.37. The Balaban J connectivity index is 1.20. The number of alkyl halides is 1. The zero-order valence-corrected chi connectivity index (χ0v) is 20.8. The summed E-state index contributed by atoms with van der Waals surface area (Å²) < 4.78 is 20.2. The summed E-state index contributed by atoms with van der Waals surface area (Å²) in [4.78, 5) is 44.8. The van der Waals surface area contributed by atoms with Crippen LogP contribution < -0.4 is 10.2 Å². The van der Waals surface area contributed by atoms with Gasteiger partial charge in [0, 0.05) is 18.5 Å². The second kappa shape index (κ2) is 9.53. The molecule has 1 fully saturated rings. The minimum atomic E-state index is -1.64. The lowest BCUT2D eigenvalue weighted by Gasteiger charge is -2.29. The highest BCUT2D eigenvalue weighted by Gasteiger charge is 2.33. The van der Waals surface area contributed by atoms with E-state index in [1.165, 1.54) is 6.92 Å². The number of hydrogen-bond donors (Lipinski definition) is 1. The predicted octanol–water partition coefficient (Wildman–Crippen LogP) is 3.86. The molecule has 38 heavy (non-hydrogen) atoms. The highest BCUT2D eigenvalue weighted by Crippen LogP contribution is 2.34. The summed E-state index contributed by atoms with van der Waals surface area (Å²) in [7, 11) is 0. The normalized spacial score (nSPS) is 19.0. The van der Waals surface area contributed by atoms with E-state index < -0.39 is 5.67 Å². The van der Waals surface area contributed by atoms with E-state index in [1.54, 1.807) is 41.6 Å². The second-order valence-corrected chi connectivity index (χ2v) is 9.69. The first-order chi connectivity index (χ1) is 18.4. The number of fused-ring (bicyclic) bond motifs is 2. The van der Waals surface area contributed by atoms with E-state index >= 15 is 0 Å². The van der Waals surface area contributed by atoms with Crippen LogP contribution in [0.15, 0.2) is 54.9 Å². The summed E-state index contributed by atoms with van der Waals surface area (Å²) >= 11 is 0. The van der Waals surface area contributed by atoms with Crippen molar-refractivity contribution in [1.29, 1.82) is 0 Å². The van der Waals surface area contributed by atoms with Crippen molar-refractivity contribution < 1.29 is 18.7 Å². The largest absolute Gasteiger partial charge is 0.373 e. The molecule has 0 bridgehead atoms. The van der Waals surface area contributed by atoms with E-state index in [0.29, 0.717) is 64.6 Å². The number of rotatable bonds is 5. The van der Waals surface area contributed by atoms with E-state index in [2.05, 4.69) is 20.3 Å². The van der Waals surface area contributed by atoms with E-state index in [4.69, 9.17) is 9.72 Å². The lowest BCUT2D eigenvalue weighted by atomic mass is 9.90. The SMILES string of the molecule is C[C@@]1(F)COCc2ccc(C(=O)NCc3cc4nc(-c5cccc(N6CCCC6=O)n5)cnc4cn3)cc21. The minimum Gasteiger partial charge on any atom is -0.373 e. The number of nitrogens with one attached hydrogen (secondary N) is 1. The maximum absolute atomic E-state index is 14.9. The molecule has 0 unspecified atom stereocenters. The Morgan fingerprint density at radius 1 is 1.11 bits per heavy atom. The number of carbonyl (C=O) groups is 2.